The van der Waals surface area contributed by atoms with Crippen LogP contribution in [0.2, 0.25) is 0 Å². The number of esters is 1. The van der Waals surface area contributed by atoms with Gasteiger partial charge in [-0.05, 0) is 42.9 Å². The number of aryl methyl sites for hydroxylation is 1. The topological polar surface area (TPSA) is 94.3 Å². The van der Waals surface area contributed by atoms with Crippen molar-refractivity contribution in [3.8, 4) is 0 Å². The highest BCUT2D eigenvalue weighted by atomic mass is 32.1. The van der Waals surface area contributed by atoms with Crippen molar-refractivity contribution >= 4 is 55.5 Å². The van der Waals surface area contributed by atoms with E-state index in [9.17, 15) is 9.59 Å². The molecule has 0 bridgehead atoms. The normalized spacial score (nSPS) is 13.1. The van der Waals surface area contributed by atoms with Crippen molar-refractivity contribution < 1.29 is 14.3 Å². The van der Waals surface area contributed by atoms with Crippen molar-refractivity contribution in [3.05, 3.63) is 38.7 Å². The second-order valence-electron chi connectivity index (χ2n) is 7.10. The molecule has 0 aromatic carbocycles. The van der Waals surface area contributed by atoms with Crippen molar-refractivity contribution in [2.45, 2.75) is 39.0 Å². The van der Waals surface area contributed by atoms with Gasteiger partial charge in [-0.1, -0.05) is 13.8 Å². The van der Waals surface area contributed by atoms with Gasteiger partial charge in [0.2, 0.25) is 0 Å². The zero-order valence-corrected chi connectivity index (χ0v) is 17.6. The molecule has 0 radical (unpaired) electrons. The van der Waals surface area contributed by atoms with E-state index in [2.05, 4.69) is 24.1 Å². The molecule has 0 saturated carbocycles. The Morgan fingerprint density at radius 3 is 2.75 bits per heavy atom. The van der Waals surface area contributed by atoms with Crippen molar-refractivity contribution in [2.75, 3.05) is 18.2 Å². The molecule has 3 aromatic heterocycles. The summed E-state index contributed by atoms with van der Waals surface area (Å²) in [5.41, 5.74) is 9.10. The fourth-order valence-electron chi connectivity index (χ4n) is 3.47. The summed E-state index contributed by atoms with van der Waals surface area (Å²) in [5.74, 6) is -0.444. The number of ether oxygens (including phenoxy) is 1. The van der Waals surface area contributed by atoms with Crippen LogP contribution in [0.3, 0.4) is 0 Å². The van der Waals surface area contributed by atoms with Gasteiger partial charge in [0.25, 0.3) is 5.91 Å². The van der Waals surface area contributed by atoms with Crippen LogP contribution in [-0.4, -0.2) is 24.0 Å². The number of hydrogen-bond donors (Lipinski definition) is 2. The zero-order valence-electron chi connectivity index (χ0n) is 15.9. The van der Waals surface area contributed by atoms with Gasteiger partial charge in [0.1, 0.15) is 14.7 Å². The number of fused-ring (bicyclic) bond motifs is 2. The molecule has 1 aliphatic rings. The molecule has 28 heavy (non-hydrogen) atoms. The van der Waals surface area contributed by atoms with Crippen LogP contribution in [0.25, 0.3) is 10.2 Å². The molecule has 0 aliphatic heterocycles. The minimum absolute atomic E-state index is 0.293. The SMILES string of the molecule is COC(=O)c1c(NC(=O)c2sc3nc(C(C)C)ccc3c2N)sc2c1CCC2. The average Bonchev–Trinajstić information content (AvgIpc) is 3.34. The lowest BCUT2D eigenvalue weighted by Gasteiger charge is -2.06. The van der Waals surface area contributed by atoms with E-state index in [0.29, 0.717) is 27.0 Å². The van der Waals surface area contributed by atoms with E-state index in [4.69, 9.17) is 10.5 Å². The number of carbonyl (C=O) groups excluding carboxylic acids is 2. The van der Waals surface area contributed by atoms with E-state index in [-0.39, 0.29) is 5.91 Å². The lowest BCUT2D eigenvalue weighted by atomic mass is 10.1. The van der Waals surface area contributed by atoms with E-state index >= 15 is 0 Å². The maximum absolute atomic E-state index is 13.0. The lowest BCUT2D eigenvalue weighted by Crippen LogP contribution is -2.14. The number of nitrogens with two attached hydrogens (primary N) is 1. The highest BCUT2D eigenvalue weighted by Gasteiger charge is 2.29. The zero-order chi connectivity index (χ0) is 20.0. The molecule has 4 rings (SSSR count). The van der Waals surface area contributed by atoms with Crippen LogP contribution in [0.15, 0.2) is 12.1 Å². The van der Waals surface area contributed by atoms with Crippen molar-refractivity contribution in [1.29, 1.82) is 0 Å². The van der Waals surface area contributed by atoms with E-state index in [0.717, 1.165) is 45.6 Å². The van der Waals surface area contributed by atoms with Crippen LogP contribution in [0.4, 0.5) is 10.7 Å². The predicted molar refractivity (Wildman–Crippen MR) is 114 cm³/mol. The number of nitrogens with zero attached hydrogens (tertiary/aromatic N) is 1. The Balaban J connectivity index is 1.70. The first-order valence-electron chi connectivity index (χ1n) is 9.13. The van der Waals surface area contributed by atoms with Crippen molar-refractivity contribution in [3.63, 3.8) is 0 Å². The van der Waals surface area contributed by atoms with Crippen molar-refractivity contribution in [2.24, 2.45) is 0 Å². The van der Waals surface area contributed by atoms with Gasteiger partial charge in [0.05, 0.1) is 18.4 Å². The van der Waals surface area contributed by atoms with Crippen LogP contribution < -0.4 is 11.1 Å². The number of amides is 1. The number of carbonyl (C=O) groups is 2. The Morgan fingerprint density at radius 1 is 1.25 bits per heavy atom. The van der Waals surface area contributed by atoms with E-state index in [1.54, 1.807) is 0 Å². The fourth-order valence-corrected chi connectivity index (χ4v) is 5.74. The molecule has 146 valence electrons. The van der Waals surface area contributed by atoms with Gasteiger partial charge in [0.15, 0.2) is 0 Å². The number of aromatic nitrogens is 1. The predicted octanol–water partition coefficient (Wildman–Crippen LogP) is 4.59. The van der Waals surface area contributed by atoms with Gasteiger partial charge in [-0.15, -0.1) is 22.7 Å². The summed E-state index contributed by atoms with van der Waals surface area (Å²) >= 11 is 2.72. The summed E-state index contributed by atoms with van der Waals surface area (Å²) in [4.78, 5) is 32.2. The average molecular weight is 416 g/mol. The maximum atomic E-state index is 13.0. The quantitative estimate of drug-likeness (QED) is 0.608. The molecule has 0 spiro atoms. The Hall–Kier alpha value is -2.45. The number of hydrogen-bond acceptors (Lipinski definition) is 7. The molecule has 0 fully saturated rings. The number of anilines is 2. The summed E-state index contributed by atoms with van der Waals surface area (Å²) in [6, 6.07) is 3.86. The number of nitrogens with one attached hydrogen (secondary N) is 1. The third kappa shape index (κ3) is 3.06. The largest absolute Gasteiger partial charge is 0.465 e. The summed E-state index contributed by atoms with van der Waals surface area (Å²) in [5, 5.41) is 4.21. The Labute approximate surface area is 170 Å². The Kier molecular flexibility index (Phi) is 4.84. The van der Waals surface area contributed by atoms with Gasteiger partial charge in [0, 0.05) is 16.0 Å². The number of methoxy groups -OCH3 is 1. The first-order valence-corrected chi connectivity index (χ1v) is 10.8. The van der Waals surface area contributed by atoms with Crippen LogP contribution in [-0.2, 0) is 17.6 Å². The first-order chi connectivity index (χ1) is 13.4. The highest BCUT2D eigenvalue weighted by molar-refractivity contribution is 7.21. The van der Waals surface area contributed by atoms with E-state index in [1.165, 1.54) is 29.8 Å². The number of pyridine rings is 1. The van der Waals surface area contributed by atoms with Gasteiger partial charge < -0.3 is 15.8 Å². The van der Waals surface area contributed by atoms with Gasteiger partial charge in [-0.2, -0.15) is 0 Å². The molecule has 0 saturated heterocycles. The van der Waals surface area contributed by atoms with Crippen LogP contribution >= 0.6 is 22.7 Å². The van der Waals surface area contributed by atoms with E-state index < -0.39 is 5.97 Å². The standard InChI is InChI=1S/C20H21N3O3S2/c1-9(2)12-8-7-11-15(21)16(28-18(11)22-12)17(24)23-19-14(20(25)26-3)10-5-4-6-13(10)27-19/h7-9H,4-6,21H2,1-3H3,(H,23,24). The molecule has 0 unspecified atom stereocenters. The van der Waals surface area contributed by atoms with E-state index in [1.807, 2.05) is 12.1 Å². The summed E-state index contributed by atoms with van der Waals surface area (Å²) in [7, 11) is 1.36. The molecule has 3 heterocycles. The molecule has 3 aromatic rings. The minimum Gasteiger partial charge on any atom is -0.465 e. The smallest absolute Gasteiger partial charge is 0.341 e. The van der Waals surface area contributed by atoms with Crippen LogP contribution in [0.1, 0.15) is 62.4 Å². The van der Waals surface area contributed by atoms with Crippen LogP contribution in [0.5, 0.6) is 0 Å². The first kappa shape index (κ1) is 18.9. The second kappa shape index (κ2) is 7.18. The molecular weight excluding hydrogens is 394 g/mol. The molecule has 3 N–H and O–H groups in total. The summed E-state index contributed by atoms with van der Waals surface area (Å²) in [6.07, 6.45) is 2.78. The molecular formula is C20H21N3O3S2. The molecule has 8 heteroatoms. The monoisotopic (exact) mass is 415 g/mol. The number of thiophene rings is 2. The third-order valence-electron chi connectivity index (χ3n) is 4.95. The third-order valence-corrected chi connectivity index (χ3v) is 7.27. The lowest BCUT2D eigenvalue weighted by molar-refractivity contribution is 0.0601. The van der Waals surface area contributed by atoms with Gasteiger partial charge in [-0.3, -0.25) is 4.79 Å². The maximum Gasteiger partial charge on any atom is 0.341 e. The fraction of sp³-hybridized carbons (Fsp3) is 0.350. The van der Waals surface area contributed by atoms with Crippen molar-refractivity contribution in [1.82, 2.24) is 4.98 Å². The second-order valence-corrected chi connectivity index (χ2v) is 9.20. The number of rotatable bonds is 4. The Morgan fingerprint density at radius 2 is 2.04 bits per heavy atom. The Bertz CT molecular complexity index is 1100. The minimum atomic E-state index is -0.415. The summed E-state index contributed by atoms with van der Waals surface area (Å²) in [6.45, 7) is 4.15. The summed E-state index contributed by atoms with van der Waals surface area (Å²) < 4.78 is 4.94. The molecule has 0 atom stereocenters. The highest BCUT2D eigenvalue weighted by Crippen LogP contribution is 2.40. The van der Waals surface area contributed by atoms with Gasteiger partial charge in [-0.25, -0.2) is 9.78 Å². The van der Waals surface area contributed by atoms with Crippen LogP contribution in [0, 0.1) is 0 Å². The molecule has 1 aliphatic carbocycles. The number of nitrogen functional groups attached to an aromatic ring is 1. The molecule has 6 nitrogen and oxygen atoms in total. The molecule has 1 amide bonds. The van der Waals surface area contributed by atoms with Gasteiger partial charge >= 0.3 is 5.97 Å².